The summed E-state index contributed by atoms with van der Waals surface area (Å²) in [5.74, 6) is -0.309. The number of amides is 1. The predicted octanol–water partition coefficient (Wildman–Crippen LogP) is 3.84. The maximum absolute atomic E-state index is 12.7. The number of nitrogens with zero attached hydrogens (tertiary/aromatic N) is 1. The number of carbonyl (C=O) groups is 1. The van der Waals surface area contributed by atoms with E-state index in [1.807, 2.05) is 54.6 Å². The second-order valence-corrected chi connectivity index (χ2v) is 5.83. The summed E-state index contributed by atoms with van der Waals surface area (Å²) < 4.78 is 0. The van der Waals surface area contributed by atoms with Crippen molar-refractivity contribution in [1.29, 1.82) is 0 Å². The highest BCUT2D eigenvalue weighted by Crippen LogP contribution is 2.22. The monoisotopic (exact) mass is 341 g/mol. The summed E-state index contributed by atoms with van der Waals surface area (Å²) in [7, 11) is 0. The molecule has 26 heavy (non-hydrogen) atoms. The van der Waals surface area contributed by atoms with Gasteiger partial charge in [0.2, 0.25) is 0 Å². The smallest absolute Gasteiger partial charge is 0.257 e. The highest BCUT2D eigenvalue weighted by Gasteiger charge is 2.12. The first kappa shape index (κ1) is 15.8. The molecule has 0 fully saturated rings. The van der Waals surface area contributed by atoms with Crippen molar-refractivity contribution < 1.29 is 4.79 Å². The van der Waals surface area contributed by atoms with Crippen molar-refractivity contribution in [1.82, 2.24) is 9.97 Å². The molecule has 0 saturated carbocycles. The molecule has 0 aliphatic rings. The van der Waals surface area contributed by atoms with Crippen LogP contribution in [0, 0.1) is 0 Å². The molecule has 0 spiro atoms. The van der Waals surface area contributed by atoms with Crippen molar-refractivity contribution in [2.45, 2.75) is 0 Å². The van der Waals surface area contributed by atoms with Crippen LogP contribution in [-0.4, -0.2) is 15.9 Å². The number of H-pyrrole nitrogens is 1. The highest BCUT2D eigenvalue weighted by atomic mass is 16.1. The number of benzene rings is 2. The second kappa shape index (κ2) is 6.64. The molecule has 2 heterocycles. The summed E-state index contributed by atoms with van der Waals surface area (Å²) in [5, 5.41) is 3.82. The van der Waals surface area contributed by atoms with Crippen molar-refractivity contribution in [3.8, 4) is 11.1 Å². The summed E-state index contributed by atoms with van der Waals surface area (Å²) >= 11 is 0. The number of hydrogen-bond acceptors (Lipinski definition) is 3. The first-order valence-corrected chi connectivity index (χ1v) is 8.15. The van der Waals surface area contributed by atoms with E-state index in [0.29, 0.717) is 16.8 Å². The molecule has 0 radical (unpaired) electrons. The second-order valence-electron chi connectivity index (χ2n) is 5.83. The molecule has 2 aromatic carbocycles. The van der Waals surface area contributed by atoms with Crippen LogP contribution in [0.3, 0.4) is 0 Å². The number of aromatic nitrogens is 2. The van der Waals surface area contributed by atoms with Gasteiger partial charge in [-0.1, -0.05) is 48.5 Å². The molecule has 2 N–H and O–H groups in total. The molecular weight excluding hydrogens is 326 g/mol. The number of anilines is 1. The Morgan fingerprint density at radius 3 is 2.62 bits per heavy atom. The number of aromatic amines is 1. The minimum Gasteiger partial charge on any atom is -0.328 e. The van der Waals surface area contributed by atoms with Gasteiger partial charge in [-0.05, 0) is 23.8 Å². The quantitative estimate of drug-likeness (QED) is 0.594. The fourth-order valence-corrected chi connectivity index (χ4v) is 2.85. The molecule has 2 aromatic heterocycles. The molecule has 0 atom stereocenters. The van der Waals surface area contributed by atoms with Crippen LogP contribution >= 0.6 is 0 Å². The Kier molecular flexibility index (Phi) is 4.03. The average Bonchev–Trinajstić information content (AvgIpc) is 2.69. The van der Waals surface area contributed by atoms with Crippen LogP contribution in [0.25, 0.3) is 22.0 Å². The van der Waals surface area contributed by atoms with Crippen LogP contribution in [0.4, 0.5) is 5.69 Å². The largest absolute Gasteiger partial charge is 0.328 e. The van der Waals surface area contributed by atoms with Gasteiger partial charge in [0.25, 0.3) is 11.5 Å². The van der Waals surface area contributed by atoms with Gasteiger partial charge in [0.1, 0.15) is 0 Å². The number of para-hydroxylation sites is 1. The zero-order valence-corrected chi connectivity index (χ0v) is 13.8. The summed E-state index contributed by atoms with van der Waals surface area (Å²) in [6, 6.07) is 20.2. The summed E-state index contributed by atoms with van der Waals surface area (Å²) in [6.45, 7) is 0. The lowest BCUT2D eigenvalue weighted by Crippen LogP contribution is -2.16. The minimum atomic E-state index is -0.309. The van der Waals surface area contributed by atoms with Gasteiger partial charge in [0.15, 0.2) is 0 Å². The van der Waals surface area contributed by atoms with E-state index in [0.717, 1.165) is 16.5 Å². The lowest BCUT2D eigenvalue weighted by atomic mass is 10.1. The fourth-order valence-electron chi connectivity index (χ4n) is 2.85. The van der Waals surface area contributed by atoms with Crippen LogP contribution in [0.1, 0.15) is 10.4 Å². The van der Waals surface area contributed by atoms with Crippen molar-refractivity contribution in [3.05, 3.63) is 95.0 Å². The molecular formula is C21H15N3O2. The average molecular weight is 341 g/mol. The van der Waals surface area contributed by atoms with Gasteiger partial charge in [-0.2, -0.15) is 0 Å². The van der Waals surface area contributed by atoms with Gasteiger partial charge in [-0.25, -0.2) is 0 Å². The van der Waals surface area contributed by atoms with E-state index in [9.17, 15) is 9.59 Å². The molecule has 0 aliphatic heterocycles. The predicted molar refractivity (Wildman–Crippen MR) is 102 cm³/mol. The van der Waals surface area contributed by atoms with E-state index in [1.54, 1.807) is 18.3 Å². The molecule has 0 aliphatic carbocycles. The van der Waals surface area contributed by atoms with Gasteiger partial charge >= 0.3 is 0 Å². The van der Waals surface area contributed by atoms with Gasteiger partial charge in [0.05, 0.1) is 16.8 Å². The zero-order chi connectivity index (χ0) is 17.9. The Labute approximate surface area is 149 Å². The lowest BCUT2D eigenvalue weighted by Gasteiger charge is -2.09. The number of nitrogens with one attached hydrogen (secondary N) is 2. The van der Waals surface area contributed by atoms with E-state index < -0.39 is 0 Å². The molecule has 0 saturated heterocycles. The molecule has 0 unspecified atom stereocenters. The number of rotatable bonds is 3. The van der Waals surface area contributed by atoms with Crippen molar-refractivity contribution in [2.75, 3.05) is 5.32 Å². The SMILES string of the molecule is O=C(Nc1cccc2cccnc12)c1c[nH]c(=O)c(-c2ccccc2)c1. The van der Waals surface area contributed by atoms with Gasteiger partial charge < -0.3 is 10.3 Å². The van der Waals surface area contributed by atoms with E-state index in [-0.39, 0.29) is 11.5 Å². The Hall–Kier alpha value is -3.73. The van der Waals surface area contributed by atoms with Crippen LogP contribution in [0.15, 0.2) is 83.9 Å². The molecule has 0 bridgehead atoms. The third-order valence-electron chi connectivity index (χ3n) is 4.13. The zero-order valence-electron chi connectivity index (χ0n) is 13.8. The Morgan fingerprint density at radius 1 is 0.962 bits per heavy atom. The van der Waals surface area contributed by atoms with Crippen LogP contribution in [0.5, 0.6) is 0 Å². The fraction of sp³-hybridized carbons (Fsp3) is 0. The molecule has 126 valence electrons. The molecule has 4 aromatic rings. The first-order valence-electron chi connectivity index (χ1n) is 8.15. The van der Waals surface area contributed by atoms with Crippen molar-refractivity contribution >= 4 is 22.5 Å². The van der Waals surface area contributed by atoms with Gasteiger partial charge in [-0.15, -0.1) is 0 Å². The van der Waals surface area contributed by atoms with E-state index in [1.165, 1.54) is 6.20 Å². The summed E-state index contributed by atoms with van der Waals surface area (Å²) in [6.07, 6.45) is 3.11. The Morgan fingerprint density at radius 2 is 1.77 bits per heavy atom. The maximum Gasteiger partial charge on any atom is 0.257 e. The molecule has 5 heteroatoms. The summed E-state index contributed by atoms with van der Waals surface area (Å²) in [4.78, 5) is 31.8. The Bertz CT molecular complexity index is 1150. The van der Waals surface area contributed by atoms with E-state index in [2.05, 4.69) is 15.3 Å². The number of hydrogen-bond donors (Lipinski definition) is 2. The topological polar surface area (TPSA) is 74.8 Å². The Balaban J connectivity index is 1.70. The highest BCUT2D eigenvalue weighted by molar-refractivity contribution is 6.08. The number of pyridine rings is 2. The van der Waals surface area contributed by atoms with Crippen molar-refractivity contribution in [3.63, 3.8) is 0 Å². The third-order valence-corrected chi connectivity index (χ3v) is 4.13. The van der Waals surface area contributed by atoms with E-state index in [4.69, 9.17) is 0 Å². The van der Waals surface area contributed by atoms with Crippen molar-refractivity contribution in [2.24, 2.45) is 0 Å². The van der Waals surface area contributed by atoms with Crippen LogP contribution < -0.4 is 10.9 Å². The van der Waals surface area contributed by atoms with Crippen LogP contribution in [-0.2, 0) is 0 Å². The summed E-state index contributed by atoms with van der Waals surface area (Å²) in [5.41, 5.74) is 2.69. The third kappa shape index (κ3) is 2.98. The standard InChI is InChI=1S/C21H15N3O2/c25-20(24-18-10-4-8-15-9-5-11-22-19(15)18)16-12-17(21(26)23-13-16)14-6-2-1-3-7-14/h1-13H,(H,23,26)(H,24,25). The van der Waals surface area contributed by atoms with Gasteiger partial charge in [-0.3, -0.25) is 14.6 Å². The molecule has 4 rings (SSSR count). The lowest BCUT2D eigenvalue weighted by molar-refractivity contribution is 0.102. The first-order chi connectivity index (χ1) is 12.7. The number of carbonyl (C=O) groups excluding carboxylic acids is 1. The van der Waals surface area contributed by atoms with E-state index >= 15 is 0 Å². The van der Waals surface area contributed by atoms with Gasteiger partial charge in [0, 0.05) is 23.3 Å². The minimum absolute atomic E-state index is 0.237. The normalized spacial score (nSPS) is 10.6. The molecule has 1 amide bonds. The molecule has 5 nitrogen and oxygen atoms in total. The van der Waals surface area contributed by atoms with Crippen LogP contribution in [0.2, 0.25) is 0 Å². The maximum atomic E-state index is 12.7. The number of fused-ring (bicyclic) bond motifs is 1.